The van der Waals surface area contributed by atoms with E-state index in [1.54, 1.807) is 18.2 Å². The first-order valence-corrected chi connectivity index (χ1v) is 6.76. The van der Waals surface area contributed by atoms with Gasteiger partial charge >= 0.3 is 0 Å². The van der Waals surface area contributed by atoms with Crippen molar-refractivity contribution in [2.75, 3.05) is 0 Å². The summed E-state index contributed by atoms with van der Waals surface area (Å²) < 4.78 is 1.82. The molecule has 0 spiro atoms. The van der Waals surface area contributed by atoms with Gasteiger partial charge in [0.05, 0.1) is 10.0 Å². The van der Waals surface area contributed by atoms with E-state index in [-0.39, 0.29) is 0 Å². The maximum Gasteiger partial charge on any atom is 0.169 e. The lowest BCUT2D eigenvalue weighted by atomic mass is 10.1. The van der Waals surface area contributed by atoms with E-state index in [0.717, 1.165) is 23.2 Å². The number of nitrogens with zero attached hydrogens (tertiary/aromatic N) is 2. The fraction of sp³-hybridized carbons (Fsp3) is 0.0667. The highest BCUT2D eigenvalue weighted by Gasteiger charge is 2.15. The largest absolute Gasteiger partial charge is 0.296 e. The highest BCUT2D eigenvalue weighted by molar-refractivity contribution is 6.42. The van der Waals surface area contributed by atoms with E-state index < -0.39 is 0 Å². The van der Waals surface area contributed by atoms with Crippen LogP contribution in [-0.4, -0.2) is 15.7 Å². The highest BCUT2D eigenvalue weighted by Crippen LogP contribution is 2.30. The van der Waals surface area contributed by atoms with E-state index in [4.69, 9.17) is 23.2 Å². The summed E-state index contributed by atoms with van der Waals surface area (Å²) in [7, 11) is 0. The quantitative estimate of drug-likeness (QED) is 0.656. The van der Waals surface area contributed by atoms with E-state index in [1.807, 2.05) is 29.5 Å². The molecule has 0 unspecified atom stereocenters. The minimum atomic E-state index is 0.440. The number of carbonyl (C=O) groups excluding carboxylic acids is 1. The zero-order valence-electron chi connectivity index (χ0n) is 10.6. The summed E-state index contributed by atoms with van der Waals surface area (Å²) in [6.07, 6.45) is 0.810. The lowest BCUT2D eigenvalue weighted by Crippen LogP contribution is -1.96. The third-order valence-corrected chi connectivity index (χ3v) is 3.92. The molecule has 0 aliphatic heterocycles. The van der Waals surface area contributed by atoms with Gasteiger partial charge in [-0.3, -0.25) is 9.20 Å². The maximum absolute atomic E-state index is 11.5. The Morgan fingerprint density at radius 1 is 1.15 bits per heavy atom. The van der Waals surface area contributed by atoms with E-state index in [2.05, 4.69) is 4.98 Å². The van der Waals surface area contributed by atoms with Gasteiger partial charge in [-0.15, -0.1) is 0 Å². The molecule has 0 bridgehead atoms. The van der Waals surface area contributed by atoms with Crippen LogP contribution in [0.25, 0.3) is 16.9 Å². The summed E-state index contributed by atoms with van der Waals surface area (Å²) in [6, 6.07) is 10.9. The minimum Gasteiger partial charge on any atom is -0.296 e. The second-order valence-corrected chi connectivity index (χ2v) is 5.27. The second kappa shape index (κ2) is 4.93. The average molecular weight is 305 g/mol. The number of pyridine rings is 1. The van der Waals surface area contributed by atoms with Crippen LogP contribution in [0.4, 0.5) is 0 Å². The standard InChI is InChI=1S/C15H10Cl2N2O/c1-9-3-2-4-14-18-15(13(8-20)19(9)14)10-5-6-11(16)12(17)7-10/h2-8H,1H3. The van der Waals surface area contributed by atoms with Crippen LogP contribution in [0.3, 0.4) is 0 Å². The van der Waals surface area contributed by atoms with Crippen LogP contribution < -0.4 is 0 Å². The Balaban J connectivity index is 2.33. The molecule has 0 aliphatic rings. The molecule has 0 amide bonds. The van der Waals surface area contributed by atoms with Crippen LogP contribution in [0.15, 0.2) is 36.4 Å². The number of rotatable bonds is 2. The Labute approximate surface area is 125 Å². The monoisotopic (exact) mass is 304 g/mol. The van der Waals surface area contributed by atoms with Gasteiger partial charge in [0, 0.05) is 11.3 Å². The minimum absolute atomic E-state index is 0.440. The smallest absolute Gasteiger partial charge is 0.169 e. The number of aryl methyl sites for hydroxylation is 1. The molecule has 2 heterocycles. The highest BCUT2D eigenvalue weighted by atomic mass is 35.5. The number of benzene rings is 1. The van der Waals surface area contributed by atoms with Crippen LogP contribution >= 0.6 is 23.2 Å². The van der Waals surface area contributed by atoms with Gasteiger partial charge in [0.15, 0.2) is 6.29 Å². The molecule has 0 fully saturated rings. The fourth-order valence-corrected chi connectivity index (χ4v) is 2.54. The molecule has 0 saturated heterocycles. The van der Waals surface area contributed by atoms with Crippen molar-refractivity contribution in [3.05, 3.63) is 57.8 Å². The first kappa shape index (κ1) is 13.2. The van der Waals surface area contributed by atoms with E-state index >= 15 is 0 Å². The molecule has 0 N–H and O–H groups in total. The van der Waals surface area contributed by atoms with Gasteiger partial charge in [-0.05, 0) is 31.2 Å². The summed E-state index contributed by atoms with van der Waals surface area (Å²) in [6.45, 7) is 1.93. The molecular formula is C15H10Cl2N2O. The molecule has 1 aromatic carbocycles. The van der Waals surface area contributed by atoms with Crippen LogP contribution in [0, 0.1) is 6.92 Å². The van der Waals surface area contributed by atoms with E-state index in [1.165, 1.54) is 0 Å². The Morgan fingerprint density at radius 2 is 1.95 bits per heavy atom. The molecule has 5 heteroatoms. The van der Waals surface area contributed by atoms with Crippen LogP contribution in [0.2, 0.25) is 10.0 Å². The number of hydrogen-bond donors (Lipinski definition) is 0. The Kier molecular flexibility index (Phi) is 3.24. The first-order valence-electron chi connectivity index (χ1n) is 6.00. The molecule has 3 aromatic rings. The lowest BCUT2D eigenvalue weighted by Gasteiger charge is -2.02. The van der Waals surface area contributed by atoms with Crippen LogP contribution in [0.5, 0.6) is 0 Å². The molecule has 0 atom stereocenters. The Morgan fingerprint density at radius 3 is 2.65 bits per heavy atom. The maximum atomic E-state index is 11.5. The van der Waals surface area contributed by atoms with Gasteiger partial charge in [-0.25, -0.2) is 4.98 Å². The predicted octanol–water partition coefficient (Wildman–Crippen LogP) is 4.43. The molecule has 0 radical (unpaired) electrons. The Bertz CT molecular complexity index is 824. The second-order valence-electron chi connectivity index (χ2n) is 4.45. The van der Waals surface area contributed by atoms with Gasteiger partial charge in [0.25, 0.3) is 0 Å². The molecule has 2 aromatic heterocycles. The van der Waals surface area contributed by atoms with Gasteiger partial charge in [-0.2, -0.15) is 0 Å². The van der Waals surface area contributed by atoms with Crippen molar-refractivity contribution in [3.63, 3.8) is 0 Å². The van der Waals surface area contributed by atoms with Gasteiger partial charge in [-0.1, -0.05) is 35.3 Å². The summed E-state index contributed by atoms with van der Waals surface area (Å²) in [5.41, 5.74) is 3.56. The normalized spacial score (nSPS) is 10.9. The molecule has 3 nitrogen and oxygen atoms in total. The number of aromatic nitrogens is 2. The molecule has 100 valence electrons. The van der Waals surface area contributed by atoms with Crippen molar-refractivity contribution in [3.8, 4) is 11.3 Å². The van der Waals surface area contributed by atoms with Gasteiger partial charge < -0.3 is 0 Å². The van der Waals surface area contributed by atoms with Crippen molar-refractivity contribution < 1.29 is 4.79 Å². The van der Waals surface area contributed by atoms with E-state index in [9.17, 15) is 4.79 Å². The Hall–Kier alpha value is -1.84. The number of hydrogen-bond acceptors (Lipinski definition) is 2. The number of halogens is 2. The molecular weight excluding hydrogens is 295 g/mol. The number of fused-ring (bicyclic) bond motifs is 1. The summed E-state index contributed by atoms with van der Waals surface area (Å²) in [5, 5.41) is 0.915. The molecule has 3 rings (SSSR count). The number of aldehydes is 1. The third kappa shape index (κ3) is 1.99. The van der Waals surface area contributed by atoms with Crippen molar-refractivity contribution in [1.29, 1.82) is 0 Å². The summed E-state index contributed by atoms with van der Waals surface area (Å²) >= 11 is 12.0. The lowest BCUT2D eigenvalue weighted by molar-refractivity contribution is 0.111. The third-order valence-electron chi connectivity index (χ3n) is 3.18. The number of imidazole rings is 1. The summed E-state index contributed by atoms with van der Waals surface area (Å²) in [5.74, 6) is 0. The molecule has 0 saturated carbocycles. The van der Waals surface area contributed by atoms with Crippen molar-refractivity contribution >= 4 is 35.1 Å². The molecule has 0 aliphatic carbocycles. The SMILES string of the molecule is Cc1cccc2nc(-c3ccc(Cl)c(Cl)c3)c(C=O)n12. The van der Waals surface area contributed by atoms with Gasteiger partial charge in [0.1, 0.15) is 17.0 Å². The topological polar surface area (TPSA) is 34.4 Å². The summed E-state index contributed by atoms with van der Waals surface area (Å²) in [4.78, 5) is 16.0. The average Bonchev–Trinajstić information content (AvgIpc) is 2.82. The fourth-order valence-electron chi connectivity index (χ4n) is 2.25. The zero-order chi connectivity index (χ0) is 14.3. The van der Waals surface area contributed by atoms with Crippen LogP contribution in [-0.2, 0) is 0 Å². The molecule has 20 heavy (non-hydrogen) atoms. The number of carbonyl (C=O) groups is 1. The van der Waals surface area contributed by atoms with Crippen molar-refractivity contribution in [2.45, 2.75) is 6.92 Å². The van der Waals surface area contributed by atoms with E-state index in [0.29, 0.717) is 21.4 Å². The van der Waals surface area contributed by atoms with Crippen LogP contribution in [0.1, 0.15) is 16.2 Å². The van der Waals surface area contributed by atoms with Crippen molar-refractivity contribution in [1.82, 2.24) is 9.38 Å². The predicted molar refractivity (Wildman–Crippen MR) is 80.8 cm³/mol. The van der Waals surface area contributed by atoms with Gasteiger partial charge in [0.2, 0.25) is 0 Å². The zero-order valence-corrected chi connectivity index (χ0v) is 12.1. The first-order chi connectivity index (χ1) is 9.61. The van der Waals surface area contributed by atoms with Crippen molar-refractivity contribution in [2.24, 2.45) is 0 Å².